The van der Waals surface area contributed by atoms with E-state index in [2.05, 4.69) is 118 Å². The molecule has 2 aliphatic heterocycles. The minimum absolute atomic E-state index is 0. The molecule has 2 fully saturated rings. The van der Waals surface area contributed by atoms with Gasteiger partial charge in [0.15, 0.2) is 0 Å². The zero-order valence-corrected chi connectivity index (χ0v) is 34.3. The summed E-state index contributed by atoms with van der Waals surface area (Å²) in [7, 11) is -4.66. The molecule has 0 radical (unpaired) electrons. The van der Waals surface area contributed by atoms with E-state index in [9.17, 15) is 0 Å². The monoisotopic (exact) mass is 738 g/mol. The SMILES string of the molecule is C1CCOC1.C1CCOC1.CC(C)(C)c1cc([Si](C)(C)c2cc(C(C)(C)C)[cH-]c2[Si](C)(C)C)c([Si](C)(C)C)[cH-]1.[Sm]. The van der Waals surface area contributed by atoms with Crippen molar-refractivity contribution in [2.75, 3.05) is 26.4 Å². The largest absolute Gasteiger partial charge is 0.381 e. The van der Waals surface area contributed by atoms with E-state index in [1.165, 1.54) is 36.8 Å². The van der Waals surface area contributed by atoms with Crippen LogP contribution in [0.1, 0.15) is 78.4 Å². The second-order valence-corrected chi connectivity index (χ2v) is 30.8. The third kappa shape index (κ3) is 11.0. The standard InChI is InChI=1S/C26H46Si3.2C4H8O.Sm/c1-25(2,3)19-15-21(27(7,8)9)23(17-19)29(13,14)24-18-20(26(4,5)6)16-22(24)28(10,11)12;2*1-2-4-5-3-1;/h15-18H,1-14H3;2*1-4H2;/q-2;;;. The van der Waals surface area contributed by atoms with Gasteiger partial charge in [-0.15, -0.1) is 0 Å². The molecular weight excluding hydrogens is 675 g/mol. The molecule has 0 spiro atoms. The molecule has 0 atom stereocenters. The summed E-state index contributed by atoms with van der Waals surface area (Å²) in [5.74, 6) is 0. The maximum atomic E-state index is 4.94. The molecule has 0 unspecified atom stereocenters. The molecular formula is C34H62O2Si3Sm-2. The molecule has 0 aliphatic carbocycles. The third-order valence-electron chi connectivity index (χ3n) is 8.13. The van der Waals surface area contributed by atoms with Gasteiger partial charge in [-0.2, -0.15) is 33.6 Å². The van der Waals surface area contributed by atoms with Crippen LogP contribution in [-0.2, 0) is 20.3 Å². The first kappa shape index (κ1) is 38.6. The molecule has 2 aliphatic rings. The summed E-state index contributed by atoms with van der Waals surface area (Å²) in [6.45, 7) is 38.5. The molecule has 0 saturated carbocycles. The predicted molar refractivity (Wildman–Crippen MR) is 184 cm³/mol. The van der Waals surface area contributed by atoms with Gasteiger partial charge in [0, 0.05) is 66.8 Å². The molecule has 2 aromatic carbocycles. The molecule has 2 aromatic rings. The second kappa shape index (κ2) is 15.1. The van der Waals surface area contributed by atoms with Crippen molar-refractivity contribution in [3.05, 3.63) is 35.4 Å². The summed E-state index contributed by atoms with van der Waals surface area (Å²) in [5, 5.41) is 6.84. The van der Waals surface area contributed by atoms with E-state index in [0.29, 0.717) is 0 Å². The Kier molecular flexibility index (Phi) is 14.5. The fraction of sp³-hybridized carbons (Fsp3) is 0.706. The molecule has 0 bridgehead atoms. The van der Waals surface area contributed by atoms with Crippen LogP contribution in [0.15, 0.2) is 24.3 Å². The van der Waals surface area contributed by atoms with Gasteiger partial charge in [-0.3, -0.25) is 0 Å². The van der Waals surface area contributed by atoms with Crippen LogP contribution in [0.5, 0.6) is 0 Å². The fourth-order valence-electron chi connectivity index (χ4n) is 5.32. The van der Waals surface area contributed by atoms with Crippen LogP contribution >= 0.6 is 0 Å². The van der Waals surface area contributed by atoms with Gasteiger partial charge in [0.2, 0.25) is 0 Å². The predicted octanol–water partition coefficient (Wildman–Crippen LogP) is 7.23. The molecule has 6 heteroatoms. The van der Waals surface area contributed by atoms with Crippen LogP contribution < -0.4 is 20.7 Å². The molecule has 40 heavy (non-hydrogen) atoms. The third-order valence-corrected chi connectivity index (χ3v) is 16.2. The van der Waals surface area contributed by atoms with E-state index < -0.39 is 24.2 Å². The Hall–Kier alpha value is 0.608. The van der Waals surface area contributed by atoms with Crippen molar-refractivity contribution in [3.8, 4) is 0 Å². The van der Waals surface area contributed by atoms with Gasteiger partial charge in [0.1, 0.15) is 0 Å². The summed E-state index contributed by atoms with van der Waals surface area (Å²) < 4.78 is 9.89. The first-order valence-electron chi connectivity index (χ1n) is 15.5. The molecule has 4 rings (SSSR count). The summed E-state index contributed by atoms with van der Waals surface area (Å²) in [6, 6.07) is 10.4. The fourth-order valence-corrected chi connectivity index (χ4v) is 15.2. The Balaban J connectivity index is 0.000000603. The minimum Gasteiger partial charge on any atom is -0.381 e. The van der Waals surface area contributed by atoms with Crippen molar-refractivity contribution in [2.45, 2.75) is 130 Å². The molecule has 2 heterocycles. The Morgan fingerprint density at radius 1 is 0.550 bits per heavy atom. The van der Waals surface area contributed by atoms with Crippen molar-refractivity contribution in [1.82, 2.24) is 0 Å². The normalized spacial score (nSPS) is 16.6. The van der Waals surface area contributed by atoms with Gasteiger partial charge in [-0.1, -0.05) is 93.9 Å². The Bertz CT molecular complexity index is 932. The molecule has 2 nitrogen and oxygen atoms in total. The van der Waals surface area contributed by atoms with Crippen LogP contribution in [-0.4, -0.2) is 50.6 Å². The van der Waals surface area contributed by atoms with Gasteiger partial charge in [-0.05, 0) is 44.6 Å². The smallest absolute Gasteiger partial charge is 0.0505 e. The van der Waals surface area contributed by atoms with E-state index in [0.717, 1.165) is 26.4 Å². The Morgan fingerprint density at radius 3 is 1.00 bits per heavy atom. The topological polar surface area (TPSA) is 18.5 Å². The number of ether oxygens (including phenoxy) is 2. The Morgan fingerprint density at radius 2 is 0.825 bits per heavy atom. The molecule has 0 N–H and O–H groups in total. The van der Waals surface area contributed by atoms with Crippen LogP contribution in [0.4, 0.5) is 0 Å². The summed E-state index contributed by atoms with van der Waals surface area (Å²) in [5.41, 5.74) is 3.48. The van der Waals surface area contributed by atoms with Crippen molar-refractivity contribution >= 4 is 45.0 Å². The van der Waals surface area contributed by atoms with E-state index in [1.54, 1.807) is 20.7 Å². The minimum atomic E-state index is -1.81. The summed E-state index contributed by atoms with van der Waals surface area (Å²) in [6.07, 6.45) is 5.11. The zero-order chi connectivity index (χ0) is 29.9. The van der Waals surface area contributed by atoms with E-state index >= 15 is 0 Å². The van der Waals surface area contributed by atoms with Crippen molar-refractivity contribution in [2.24, 2.45) is 0 Å². The first-order chi connectivity index (χ1) is 17.7. The average molecular weight is 737 g/mol. The van der Waals surface area contributed by atoms with E-state index in [1.807, 2.05) is 0 Å². The van der Waals surface area contributed by atoms with E-state index in [-0.39, 0.29) is 51.2 Å². The maximum absolute atomic E-state index is 4.94. The van der Waals surface area contributed by atoms with Crippen LogP contribution in [0, 0.1) is 40.4 Å². The van der Waals surface area contributed by atoms with Crippen LogP contribution in [0.2, 0.25) is 52.4 Å². The van der Waals surface area contributed by atoms with Gasteiger partial charge >= 0.3 is 0 Å². The molecule has 2 saturated heterocycles. The van der Waals surface area contributed by atoms with Crippen LogP contribution in [0.3, 0.4) is 0 Å². The number of rotatable bonds is 4. The zero-order valence-electron chi connectivity index (χ0n) is 28.7. The maximum Gasteiger partial charge on any atom is 0.0505 e. The van der Waals surface area contributed by atoms with E-state index in [4.69, 9.17) is 9.47 Å². The van der Waals surface area contributed by atoms with Crippen molar-refractivity contribution in [1.29, 1.82) is 0 Å². The second-order valence-electron chi connectivity index (χ2n) is 16.4. The van der Waals surface area contributed by atoms with Gasteiger partial charge in [0.05, 0.1) is 16.1 Å². The first-order valence-corrected chi connectivity index (χ1v) is 25.5. The quantitative estimate of drug-likeness (QED) is 0.244. The Labute approximate surface area is 284 Å². The van der Waals surface area contributed by atoms with Gasteiger partial charge in [0.25, 0.3) is 0 Å². The van der Waals surface area contributed by atoms with Crippen LogP contribution in [0.25, 0.3) is 0 Å². The van der Waals surface area contributed by atoms with Gasteiger partial charge in [-0.25, -0.2) is 22.5 Å². The molecule has 0 aromatic heterocycles. The molecule has 230 valence electrons. The number of hydrogen-bond donors (Lipinski definition) is 0. The van der Waals surface area contributed by atoms with Crippen molar-refractivity contribution in [3.63, 3.8) is 0 Å². The summed E-state index contributed by atoms with van der Waals surface area (Å²) in [4.78, 5) is 0. The number of hydrogen-bond acceptors (Lipinski definition) is 2. The average Bonchev–Trinajstić information content (AvgIpc) is 3.59. The van der Waals surface area contributed by atoms with Crippen molar-refractivity contribution < 1.29 is 49.9 Å². The molecule has 0 amide bonds. The summed E-state index contributed by atoms with van der Waals surface area (Å²) >= 11 is 0. The van der Waals surface area contributed by atoms with Gasteiger partial charge < -0.3 is 9.47 Å².